The number of hydrogen-bond donors (Lipinski definition) is 1. The maximum atomic E-state index is 4.06. The summed E-state index contributed by atoms with van der Waals surface area (Å²) in [4.78, 5) is 0. The molecule has 0 aliphatic carbocycles. The van der Waals surface area contributed by atoms with Crippen LogP contribution in [0.3, 0.4) is 0 Å². The second kappa shape index (κ2) is 6.94. The molecule has 1 N–H and O–H groups in total. The molecule has 0 fully saturated rings. The van der Waals surface area contributed by atoms with Crippen LogP contribution in [-0.2, 0) is 6.42 Å². The largest absolute Gasteiger partial charge is 0.356 e. The smallest absolute Gasteiger partial charge is 0.0413 e. The van der Waals surface area contributed by atoms with Crippen molar-refractivity contribution >= 4 is 11.8 Å². The molecule has 0 aliphatic heterocycles. The standard InChI is InChI=1S/C20H23N/c1-5-19-13-12-18(14-16(19)3)11-10-17(4)21-20-9-7-6-8-15(20)2/h6-14,21H,4-5H2,1-3H3/b11-10+. The van der Waals surface area contributed by atoms with Crippen LogP contribution in [0.15, 0.2) is 60.8 Å². The van der Waals surface area contributed by atoms with Gasteiger partial charge in [0.05, 0.1) is 0 Å². The molecule has 0 saturated heterocycles. The molecule has 108 valence electrons. The lowest BCUT2D eigenvalue weighted by Crippen LogP contribution is -1.96. The van der Waals surface area contributed by atoms with Gasteiger partial charge in [-0.15, -0.1) is 0 Å². The van der Waals surface area contributed by atoms with E-state index in [0.29, 0.717) is 0 Å². The van der Waals surface area contributed by atoms with Gasteiger partial charge < -0.3 is 5.32 Å². The van der Waals surface area contributed by atoms with Crippen LogP contribution in [0.2, 0.25) is 0 Å². The van der Waals surface area contributed by atoms with E-state index in [2.05, 4.69) is 69.1 Å². The molecule has 0 radical (unpaired) electrons. The summed E-state index contributed by atoms with van der Waals surface area (Å²) in [5.41, 5.74) is 7.17. The van der Waals surface area contributed by atoms with Gasteiger partial charge in [-0.05, 0) is 54.7 Å². The lowest BCUT2D eigenvalue weighted by molar-refractivity contribution is 1.11. The fourth-order valence-corrected chi connectivity index (χ4v) is 2.34. The van der Waals surface area contributed by atoms with Crippen molar-refractivity contribution in [2.45, 2.75) is 27.2 Å². The Kier molecular flexibility index (Phi) is 4.99. The Hall–Kier alpha value is -2.28. The SMILES string of the molecule is C=C(/C=C/c1ccc(CC)c(C)c1)Nc1ccccc1C. The molecule has 1 heteroatoms. The van der Waals surface area contributed by atoms with Gasteiger partial charge >= 0.3 is 0 Å². The molecule has 0 spiro atoms. The molecule has 2 aromatic carbocycles. The highest BCUT2D eigenvalue weighted by Gasteiger charge is 1.98. The van der Waals surface area contributed by atoms with E-state index in [4.69, 9.17) is 0 Å². The van der Waals surface area contributed by atoms with Crippen LogP contribution >= 0.6 is 0 Å². The zero-order chi connectivity index (χ0) is 15.2. The van der Waals surface area contributed by atoms with Gasteiger partial charge in [-0.2, -0.15) is 0 Å². The molecular weight excluding hydrogens is 254 g/mol. The number of benzene rings is 2. The molecule has 0 amide bonds. The predicted octanol–water partition coefficient (Wildman–Crippen LogP) is 5.50. The average Bonchev–Trinajstić information content (AvgIpc) is 2.48. The van der Waals surface area contributed by atoms with Crippen molar-refractivity contribution in [1.82, 2.24) is 0 Å². The molecule has 0 aliphatic rings. The minimum absolute atomic E-state index is 0.890. The first-order valence-electron chi connectivity index (χ1n) is 7.39. The number of para-hydroxylation sites is 1. The molecule has 0 heterocycles. The van der Waals surface area contributed by atoms with Gasteiger partial charge in [0.25, 0.3) is 0 Å². The summed E-state index contributed by atoms with van der Waals surface area (Å²) in [7, 11) is 0. The first-order valence-corrected chi connectivity index (χ1v) is 7.39. The third-order valence-corrected chi connectivity index (χ3v) is 3.66. The Bertz CT molecular complexity index is 665. The van der Waals surface area contributed by atoms with Gasteiger partial charge in [0.2, 0.25) is 0 Å². The van der Waals surface area contributed by atoms with E-state index < -0.39 is 0 Å². The maximum Gasteiger partial charge on any atom is 0.0413 e. The Morgan fingerprint density at radius 3 is 2.52 bits per heavy atom. The minimum Gasteiger partial charge on any atom is -0.356 e. The number of aryl methyl sites for hydroxylation is 3. The van der Waals surface area contributed by atoms with Crippen LogP contribution in [-0.4, -0.2) is 0 Å². The molecular formula is C20H23N. The van der Waals surface area contributed by atoms with E-state index >= 15 is 0 Å². The first-order chi connectivity index (χ1) is 10.1. The zero-order valence-corrected chi connectivity index (χ0v) is 13.1. The molecule has 2 rings (SSSR count). The van der Waals surface area contributed by atoms with Crippen molar-refractivity contribution in [1.29, 1.82) is 0 Å². The van der Waals surface area contributed by atoms with Crippen molar-refractivity contribution in [3.8, 4) is 0 Å². The summed E-state index contributed by atoms with van der Waals surface area (Å²) in [5.74, 6) is 0. The second-order valence-electron chi connectivity index (χ2n) is 5.34. The number of rotatable bonds is 5. The average molecular weight is 277 g/mol. The summed E-state index contributed by atoms with van der Waals surface area (Å²) in [6, 6.07) is 14.8. The Balaban J connectivity index is 2.05. The topological polar surface area (TPSA) is 12.0 Å². The molecule has 2 aromatic rings. The highest BCUT2D eigenvalue weighted by Crippen LogP contribution is 2.17. The summed E-state index contributed by atoms with van der Waals surface area (Å²) in [5, 5.41) is 3.34. The monoisotopic (exact) mass is 277 g/mol. The van der Waals surface area contributed by atoms with Gasteiger partial charge in [-0.3, -0.25) is 0 Å². The summed E-state index contributed by atoms with van der Waals surface area (Å²) in [6.45, 7) is 10.5. The Morgan fingerprint density at radius 2 is 1.86 bits per heavy atom. The van der Waals surface area contributed by atoms with Crippen molar-refractivity contribution in [2.75, 3.05) is 5.32 Å². The Morgan fingerprint density at radius 1 is 1.10 bits per heavy atom. The fraction of sp³-hybridized carbons (Fsp3) is 0.200. The summed E-state index contributed by atoms with van der Waals surface area (Å²) >= 11 is 0. The van der Waals surface area contributed by atoms with E-state index in [-0.39, 0.29) is 0 Å². The van der Waals surface area contributed by atoms with E-state index in [9.17, 15) is 0 Å². The van der Waals surface area contributed by atoms with E-state index in [1.807, 2.05) is 18.2 Å². The fourth-order valence-electron chi connectivity index (χ4n) is 2.34. The Labute approximate surface area is 128 Å². The minimum atomic E-state index is 0.890. The normalized spacial score (nSPS) is 10.8. The van der Waals surface area contributed by atoms with Crippen LogP contribution in [0, 0.1) is 13.8 Å². The molecule has 0 unspecified atom stereocenters. The van der Waals surface area contributed by atoms with Crippen molar-refractivity contribution in [3.63, 3.8) is 0 Å². The van der Waals surface area contributed by atoms with Gasteiger partial charge in [0.1, 0.15) is 0 Å². The van der Waals surface area contributed by atoms with E-state index in [1.165, 1.54) is 22.3 Å². The lowest BCUT2D eigenvalue weighted by Gasteiger charge is -2.09. The van der Waals surface area contributed by atoms with E-state index in [1.54, 1.807) is 0 Å². The van der Waals surface area contributed by atoms with Crippen LogP contribution in [0.1, 0.15) is 29.2 Å². The van der Waals surface area contributed by atoms with Crippen molar-refractivity contribution in [3.05, 3.63) is 83.1 Å². The summed E-state index contributed by atoms with van der Waals surface area (Å²) in [6.07, 6.45) is 5.20. The zero-order valence-electron chi connectivity index (χ0n) is 13.1. The third-order valence-electron chi connectivity index (χ3n) is 3.66. The van der Waals surface area contributed by atoms with Crippen LogP contribution in [0.5, 0.6) is 0 Å². The highest BCUT2D eigenvalue weighted by molar-refractivity contribution is 5.60. The second-order valence-corrected chi connectivity index (χ2v) is 5.34. The van der Waals surface area contributed by atoms with Crippen molar-refractivity contribution < 1.29 is 0 Å². The van der Waals surface area contributed by atoms with Gasteiger partial charge in [-0.25, -0.2) is 0 Å². The molecule has 0 bridgehead atoms. The highest BCUT2D eigenvalue weighted by atomic mass is 14.9. The number of hydrogen-bond acceptors (Lipinski definition) is 1. The molecule has 0 aromatic heterocycles. The third kappa shape index (κ3) is 4.09. The van der Waals surface area contributed by atoms with Crippen LogP contribution in [0.4, 0.5) is 5.69 Å². The quantitative estimate of drug-likeness (QED) is 0.711. The molecule has 21 heavy (non-hydrogen) atoms. The number of nitrogens with one attached hydrogen (secondary N) is 1. The molecule has 0 atom stereocenters. The lowest BCUT2D eigenvalue weighted by atomic mass is 10.0. The maximum absolute atomic E-state index is 4.06. The van der Waals surface area contributed by atoms with Gasteiger partial charge in [0, 0.05) is 11.4 Å². The predicted molar refractivity (Wildman–Crippen MR) is 93.5 cm³/mol. The van der Waals surface area contributed by atoms with E-state index in [0.717, 1.165) is 17.8 Å². The van der Waals surface area contributed by atoms with Crippen LogP contribution in [0.25, 0.3) is 6.08 Å². The number of allylic oxidation sites excluding steroid dienone is 1. The molecule has 1 nitrogen and oxygen atoms in total. The number of anilines is 1. The van der Waals surface area contributed by atoms with Gasteiger partial charge in [-0.1, -0.05) is 56.0 Å². The summed E-state index contributed by atoms with van der Waals surface area (Å²) < 4.78 is 0. The van der Waals surface area contributed by atoms with Gasteiger partial charge in [0.15, 0.2) is 0 Å². The first kappa shape index (κ1) is 15.1. The van der Waals surface area contributed by atoms with Crippen LogP contribution < -0.4 is 5.32 Å². The van der Waals surface area contributed by atoms with Crippen molar-refractivity contribution in [2.24, 2.45) is 0 Å². The molecule has 0 saturated carbocycles.